The first kappa shape index (κ1) is 21.3. The lowest BCUT2D eigenvalue weighted by atomic mass is 9.96. The Morgan fingerprint density at radius 3 is 2.50 bits per heavy atom. The number of benzene rings is 2. The molecule has 6 nitrogen and oxygen atoms in total. The van der Waals surface area contributed by atoms with E-state index < -0.39 is 11.6 Å². The number of amides is 1. The maximum atomic E-state index is 13.8. The fraction of sp³-hybridized carbons (Fsp3) is 0.360. The monoisotopic (exact) mass is 479 g/mol. The van der Waals surface area contributed by atoms with Crippen molar-refractivity contribution >= 4 is 34.0 Å². The van der Waals surface area contributed by atoms with Crippen LogP contribution in [0, 0.1) is 42.2 Å². The van der Waals surface area contributed by atoms with Crippen molar-refractivity contribution in [2.45, 2.75) is 32.7 Å². The van der Waals surface area contributed by atoms with Gasteiger partial charge in [-0.1, -0.05) is 18.3 Å². The van der Waals surface area contributed by atoms with Crippen LogP contribution in [0.1, 0.15) is 30.8 Å². The first-order valence-electron chi connectivity index (χ1n) is 11.4. The van der Waals surface area contributed by atoms with E-state index in [1.807, 2.05) is 42.7 Å². The van der Waals surface area contributed by atoms with E-state index in [4.69, 9.17) is 0 Å². The van der Waals surface area contributed by atoms with Gasteiger partial charge in [-0.05, 0) is 61.8 Å². The maximum Gasteiger partial charge on any atom is 0.227 e. The quantitative estimate of drug-likeness (QED) is 0.404. The van der Waals surface area contributed by atoms with Crippen molar-refractivity contribution in [3.05, 3.63) is 59.4 Å². The molecular weight excluding hydrogens is 456 g/mol. The third-order valence-corrected chi connectivity index (χ3v) is 8.30. The lowest BCUT2D eigenvalue weighted by molar-refractivity contribution is -0.120. The minimum Gasteiger partial charge on any atom is -0.327 e. The first-order chi connectivity index (χ1) is 16.4. The molecule has 0 bridgehead atoms. The van der Waals surface area contributed by atoms with E-state index in [-0.39, 0.29) is 17.9 Å². The van der Waals surface area contributed by atoms with Crippen molar-refractivity contribution < 1.29 is 13.6 Å². The van der Waals surface area contributed by atoms with Gasteiger partial charge < -0.3 is 9.88 Å². The van der Waals surface area contributed by atoms with Crippen molar-refractivity contribution in [1.29, 1.82) is 0 Å². The predicted molar refractivity (Wildman–Crippen MR) is 126 cm³/mol. The number of nitrogens with one attached hydrogen (secondary N) is 1. The summed E-state index contributed by atoms with van der Waals surface area (Å²) in [6.07, 6.45) is 3.53. The minimum atomic E-state index is -0.878. The average Bonchev–Trinajstić information content (AvgIpc) is 3.21. The highest BCUT2D eigenvalue weighted by Gasteiger charge is 2.59. The van der Waals surface area contributed by atoms with Gasteiger partial charge in [0.25, 0.3) is 0 Å². The Morgan fingerprint density at radius 1 is 1.12 bits per heavy atom. The van der Waals surface area contributed by atoms with E-state index in [1.54, 1.807) is 6.33 Å². The molecule has 6 rings (SSSR count). The third-order valence-electron chi connectivity index (χ3n) is 7.41. The molecule has 0 radical (unpaired) electrons. The molecule has 2 heterocycles. The molecule has 0 unspecified atom stereocenters. The van der Waals surface area contributed by atoms with E-state index in [1.165, 1.54) is 17.4 Å². The van der Waals surface area contributed by atoms with Crippen LogP contribution in [0.15, 0.2) is 42.7 Å². The number of rotatable bonds is 5. The summed E-state index contributed by atoms with van der Waals surface area (Å²) >= 11 is 1.54. The van der Waals surface area contributed by atoms with Gasteiger partial charge in [-0.3, -0.25) is 4.79 Å². The molecule has 2 fully saturated rings. The molecule has 1 N–H and O–H groups in total. The van der Waals surface area contributed by atoms with Crippen LogP contribution in [0.25, 0.3) is 21.6 Å². The summed E-state index contributed by atoms with van der Waals surface area (Å²) in [4.78, 5) is 17.2. The normalized spacial score (nSPS) is 24.2. The molecule has 34 heavy (non-hydrogen) atoms. The van der Waals surface area contributed by atoms with E-state index in [2.05, 4.69) is 20.5 Å². The van der Waals surface area contributed by atoms with Crippen LogP contribution in [0.4, 0.5) is 14.5 Å². The van der Waals surface area contributed by atoms with Crippen molar-refractivity contribution in [3.8, 4) is 10.6 Å². The zero-order valence-electron chi connectivity index (χ0n) is 18.7. The van der Waals surface area contributed by atoms with Crippen molar-refractivity contribution in [1.82, 2.24) is 19.7 Å². The van der Waals surface area contributed by atoms with Gasteiger partial charge in [0.05, 0.1) is 17.4 Å². The molecule has 1 amide bonds. The highest BCUT2D eigenvalue weighted by atomic mass is 32.1. The van der Waals surface area contributed by atoms with Crippen LogP contribution in [-0.4, -0.2) is 25.7 Å². The number of aryl methyl sites for hydroxylation is 1. The summed E-state index contributed by atoms with van der Waals surface area (Å²) in [6.45, 7) is 3.92. The second-order valence-electron chi connectivity index (χ2n) is 9.42. The van der Waals surface area contributed by atoms with Gasteiger partial charge in [0, 0.05) is 35.3 Å². The molecule has 9 heteroatoms. The number of fused-ring (bicyclic) bond motifs is 2. The topological polar surface area (TPSA) is 72.7 Å². The second kappa shape index (κ2) is 7.94. The molecule has 2 aromatic heterocycles. The lowest BCUT2D eigenvalue weighted by Gasteiger charge is -2.20. The van der Waals surface area contributed by atoms with E-state index in [9.17, 15) is 13.6 Å². The highest BCUT2D eigenvalue weighted by Crippen LogP contribution is 2.64. The molecule has 2 aromatic carbocycles. The Kier molecular flexibility index (Phi) is 4.98. The Balaban J connectivity index is 1.08. The van der Waals surface area contributed by atoms with Gasteiger partial charge >= 0.3 is 0 Å². The van der Waals surface area contributed by atoms with Crippen molar-refractivity contribution in [2.24, 2.45) is 23.7 Å². The molecule has 0 spiro atoms. The summed E-state index contributed by atoms with van der Waals surface area (Å²) in [7, 11) is 0. The number of carbonyl (C=O) groups excluding carboxylic acids is 1. The molecular formula is C25H23F2N5OS. The Bertz CT molecular complexity index is 1390. The molecule has 174 valence electrons. The van der Waals surface area contributed by atoms with Crippen LogP contribution in [-0.2, 0) is 4.79 Å². The fourth-order valence-corrected chi connectivity index (χ4v) is 6.38. The van der Waals surface area contributed by atoms with Gasteiger partial charge in [-0.15, -0.1) is 10.2 Å². The molecule has 4 aromatic rings. The zero-order chi connectivity index (χ0) is 23.6. The number of aromatic nitrogens is 4. The standard InChI is InChI=1S/C25H23F2N5OS/c1-12(24(33)29-15-5-3-14(4-6-15)25-31-30-13(2)34-25)23-17-7-16(8-18(17)23)32-11-28-21-9-19(26)20(27)10-22(21)32/h3-6,9-12,16-18,23H,7-8H2,1-2H3,(H,29,33)/t12-,16-,17-,18+,23+/m0/s1. The van der Waals surface area contributed by atoms with E-state index in [0.29, 0.717) is 28.8 Å². The second-order valence-corrected chi connectivity index (χ2v) is 10.6. The zero-order valence-corrected chi connectivity index (χ0v) is 19.5. The van der Waals surface area contributed by atoms with Gasteiger partial charge in [-0.25, -0.2) is 13.8 Å². The molecule has 5 atom stereocenters. The Morgan fingerprint density at radius 2 is 1.82 bits per heavy atom. The Hall–Kier alpha value is -3.20. The van der Waals surface area contributed by atoms with Gasteiger partial charge in [0.1, 0.15) is 10.0 Å². The largest absolute Gasteiger partial charge is 0.327 e. The summed E-state index contributed by atoms with van der Waals surface area (Å²) < 4.78 is 29.2. The number of hydrogen-bond acceptors (Lipinski definition) is 5. The molecule has 2 aliphatic carbocycles. The molecule has 0 saturated heterocycles. The van der Waals surface area contributed by atoms with Gasteiger partial charge in [-0.2, -0.15) is 0 Å². The van der Waals surface area contributed by atoms with Crippen molar-refractivity contribution in [3.63, 3.8) is 0 Å². The molecule has 2 saturated carbocycles. The number of anilines is 1. The SMILES string of the molecule is Cc1nnc(-c2ccc(NC(=O)[C@@H](C)[C@H]3[C@@H]4C[C@@H](n5cnc6cc(F)c(F)cc65)C[C@@H]43)cc2)s1. The summed E-state index contributed by atoms with van der Waals surface area (Å²) in [5, 5.41) is 13.0. The van der Waals surface area contributed by atoms with Crippen LogP contribution in [0.3, 0.4) is 0 Å². The van der Waals surface area contributed by atoms with Crippen LogP contribution in [0.2, 0.25) is 0 Å². The summed E-state index contributed by atoms with van der Waals surface area (Å²) in [5.41, 5.74) is 2.84. The number of imidazole rings is 1. The van der Waals surface area contributed by atoms with Gasteiger partial charge in [0.2, 0.25) is 5.91 Å². The van der Waals surface area contributed by atoms with Gasteiger partial charge in [0.15, 0.2) is 11.6 Å². The van der Waals surface area contributed by atoms with Crippen LogP contribution in [0.5, 0.6) is 0 Å². The molecule has 0 aliphatic heterocycles. The molecule has 2 aliphatic rings. The van der Waals surface area contributed by atoms with E-state index in [0.717, 1.165) is 40.2 Å². The lowest BCUT2D eigenvalue weighted by Crippen LogP contribution is -2.24. The Labute approximate surface area is 199 Å². The fourth-order valence-electron chi connectivity index (χ4n) is 5.69. The number of halogens is 2. The van der Waals surface area contributed by atoms with Crippen LogP contribution >= 0.6 is 11.3 Å². The minimum absolute atomic E-state index is 0.0288. The average molecular weight is 480 g/mol. The number of hydrogen-bond donors (Lipinski definition) is 1. The van der Waals surface area contributed by atoms with E-state index >= 15 is 0 Å². The third kappa shape index (κ3) is 3.58. The summed E-state index contributed by atoms with van der Waals surface area (Å²) in [6, 6.07) is 10.3. The predicted octanol–water partition coefficient (Wildman–Crippen LogP) is 5.61. The smallest absolute Gasteiger partial charge is 0.227 e. The van der Waals surface area contributed by atoms with Crippen molar-refractivity contribution in [2.75, 3.05) is 5.32 Å². The summed E-state index contributed by atoms with van der Waals surface area (Å²) in [5.74, 6) is -0.505. The number of nitrogens with zero attached hydrogens (tertiary/aromatic N) is 4. The number of carbonyl (C=O) groups is 1. The highest BCUT2D eigenvalue weighted by molar-refractivity contribution is 7.14. The van der Waals surface area contributed by atoms with Crippen LogP contribution < -0.4 is 5.32 Å². The first-order valence-corrected chi connectivity index (χ1v) is 12.2. The maximum absolute atomic E-state index is 13.8.